The lowest BCUT2D eigenvalue weighted by Gasteiger charge is -2.08. The summed E-state index contributed by atoms with van der Waals surface area (Å²) in [4.78, 5) is 10.1. The molecule has 0 aliphatic carbocycles. The van der Waals surface area contributed by atoms with Crippen molar-refractivity contribution in [2.24, 2.45) is 11.0 Å². The van der Waals surface area contributed by atoms with Crippen LogP contribution in [0.5, 0.6) is 5.75 Å². The molecule has 0 radical (unpaired) electrons. The monoisotopic (exact) mass is 395 g/mol. The summed E-state index contributed by atoms with van der Waals surface area (Å²) in [6.45, 7) is 4.83. The van der Waals surface area contributed by atoms with Crippen LogP contribution in [0.2, 0.25) is 0 Å². The zero-order chi connectivity index (χ0) is 20.7. The van der Waals surface area contributed by atoms with Crippen molar-refractivity contribution < 1.29 is 22.8 Å². The molecule has 2 aromatic carbocycles. The van der Waals surface area contributed by atoms with E-state index in [-0.39, 0.29) is 5.69 Å². The molecule has 150 valence electrons. The van der Waals surface area contributed by atoms with Crippen molar-refractivity contribution in [3.8, 4) is 5.75 Å². The standard InChI is InChI=1S/C19H20F3N3O3/c1-13(2)9-10-28-16-6-3-14(4-7-16)12-23-24-17-8-5-15(19(20,21)22)11-18(17)25(26)27/h3-8,11-13,24H,9-10H2,1-2H3. The molecular formula is C19H20F3N3O3. The third-order valence-electron chi connectivity index (χ3n) is 3.76. The molecule has 0 aliphatic heterocycles. The molecule has 9 heteroatoms. The summed E-state index contributed by atoms with van der Waals surface area (Å²) in [6, 6.07) is 9.23. The second-order valence-electron chi connectivity index (χ2n) is 6.46. The first-order valence-electron chi connectivity index (χ1n) is 8.54. The molecule has 0 fully saturated rings. The van der Waals surface area contributed by atoms with Crippen LogP contribution >= 0.6 is 0 Å². The number of hydrazone groups is 1. The molecule has 0 heterocycles. The highest BCUT2D eigenvalue weighted by Gasteiger charge is 2.33. The molecule has 0 unspecified atom stereocenters. The van der Waals surface area contributed by atoms with Crippen molar-refractivity contribution in [3.05, 3.63) is 63.7 Å². The Morgan fingerprint density at radius 2 is 1.89 bits per heavy atom. The van der Waals surface area contributed by atoms with E-state index in [0.717, 1.165) is 18.6 Å². The minimum absolute atomic E-state index is 0.136. The third-order valence-corrected chi connectivity index (χ3v) is 3.76. The van der Waals surface area contributed by atoms with Crippen LogP contribution in [0.3, 0.4) is 0 Å². The predicted molar refractivity (Wildman–Crippen MR) is 101 cm³/mol. The van der Waals surface area contributed by atoms with Gasteiger partial charge in [0.2, 0.25) is 0 Å². The summed E-state index contributed by atoms with van der Waals surface area (Å²) in [6.07, 6.45) is -2.32. The van der Waals surface area contributed by atoms with E-state index < -0.39 is 22.4 Å². The Morgan fingerprint density at radius 1 is 1.21 bits per heavy atom. The van der Waals surface area contributed by atoms with Crippen LogP contribution in [-0.4, -0.2) is 17.7 Å². The summed E-state index contributed by atoms with van der Waals surface area (Å²) in [5.41, 5.74) is 1.17. The second kappa shape index (κ2) is 9.20. The molecule has 2 aromatic rings. The number of nitrogens with one attached hydrogen (secondary N) is 1. The van der Waals surface area contributed by atoms with Gasteiger partial charge in [0.25, 0.3) is 5.69 Å². The topological polar surface area (TPSA) is 76.8 Å². The number of anilines is 1. The molecule has 0 atom stereocenters. The van der Waals surface area contributed by atoms with Gasteiger partial charge < -0.3 is 4.74 Å². The van der Waals surface area contributed by atoms with Crippen molar-refractivity contribution in [3.63, 3.8) is 0 Å². The highest BCUT2D eigenvalue weighted by atomic mass is 19.4. The Kier molecular flexibility index (Phi) is 6.97. The van der Waals surface area contributed by atoms with E-state index in [9.17, 15) is 23.3 Å². The molecule has 1 N–H and O–H groups in total. The zero-order valence-electron chi connectivity index (χ0n) is 15.4. The number of halogens is 3. The maximum absolute atomic E-state index is 12.7. The predicted octanol–water partition coefficient (Wildman–Crippen LogP) is 5.48. The number of hydrogen-bond acceptors (Lipinski definition) is 5. The van der Waals surface area contributed by atoms with E-state index >= 15 is 0 Å². The minimum Gasteiger partial charge on any atom is -0.494 e. The number of rotatable bonds is 8. The van der Waals surface area contributed by atoms with Crippen LogP contribution in [0.1, 0.15) is 31.4 Å². The largest absolute Gasteiger partial charge is 0.494 e. The Morgan fingerprint density at radius 3 is 2.46 bits per heavy atom. The first-order chi connectivity index (χ1) is 13.2. The highest BCUT2D eigenvalue weighted by molar-refractivity contribution is 5.80. The molecule has 28 heavy (non-hydrogen) atoms. The maximum Gasteiger partial charge on any atom is 0.416 e. The van der Waals surface area contributed by atoms with Gasteiger partial charge in [-0.2, -0.15) is 18.3 Å². The van der Waals surface area contributed by atoms with Crippen molar-refractivity contribution in [1.29, 1.82) is 0 Å². The maximum atomic E-state index is 12.7. The average Bonchev–Trinajstić information content (AvgIpc) is 2.62. The first kappa shape index (κ1) is 21.2. The lowest BCUT2D eigenvalue weighted by molar-refractivity contribution is -0.384. The van der Waals surface area contributed by atoms with E-state index in [0.29, 0.717) is 29.9 Å². The SMILES string of the molecule is CC(C)CCOc1ccc(C=NNc2ccc(C(F)(F)F)cc2[N+](=O)[O-])cc1. The first-order valence-corrected chi connectivity index (χ1v) is 8.54. The molecule has 0 saturated carbocycles. The zero-order valence-corrected chi connectivity index (χ0v) is 15.4. The lowest BCUT2D eigenvalue weighted by Crippen LogP contribution is -2.06. The lowest BCUT2D eigenvalue weighted by atomic mass is 10.1. The van der Waals surface area contributed by atoms with E-state index in [4.69, 9.17) is 4.74 Å². The van der Waals surface area contributed by atoms with E-state index in [2.05, 4.69) is 24.4 Å². The number of ether oxygens (including phenoxy) is 1. The van der Waals surface area contributed by atoms with E-state index in [1.807, 2.05) is 0 Å². The van der Waals surface area contributed by atoms with Gasteiger partial charge in [-0.15, -0.1) is 0 Å². The van der Waals surface area contributed by atoms with Gasteiger partial charge >= 0.3 is 6.18 Å². The van der Waals surface area contributed by atoms with Gasteiger partial charge in [0.1, 0.15) is 11.4 Å². The number of benzene rings is 2. The van der Waals surface area contributed by atoms with Gasteiger partial charge in [-0.3, -0.25) is 15.5 Å². The summed E-state index contributed by atoms with van der Waals surface area (Å²) in [5, 5.41) is 14.9. The van der Waals surface area contributed by atoms with Gasteiger partial charge in [0, 0.05) is 6.07 Å². The Bertz CT molecular complexity index is 835. The number of nitrogens with zero attached hydrogens (tertiary/aromatic N) is 2. The number of alkyl halides is 3. The average molecular weight is 395 g/mol. The quantitative estimate of drug-likeness (QED) is 0.365. The Hall–Kier alpha value is -3.10. The third kappa shape index (κ3) is 6.26. The summed E-state index contributed by atoms with van der Waals surface area (Å²) in [5.74, 6) is 1.26. The summed E-state index contributed by atoms with van der Waals surface area (Å²) >= 11 is 0. The van der Waals surface area contributed by atoms with Crippen molar-refractivity contribution in [1.82, 2.24) is 0 Å². The fourth-order valence-electron chi connectivity index (χ4n) is 2.19. The van der Waals surface area contributed by atoms with Crippen molar-refractivity contribution in [2.45, 2.75) is 26.4 Å². The molecular weight excluding hydrogens is 375 g/mol. The van der Waals surface area contributed by atoms with Crippen LogP contribution in [0.4, 0.5) is 24.5 Å². The number of hydrogen-bond donors (Lipinski definition) is 1. The summed E-state index contributed by atoms with van der Waals surface area (Å²) < 4.78 is 43.7. The van der Waals surface area contributed by atoms with E-state index in [1.54, 1.807) is 24.3 Å². The second-order valence-corrected chi connectivity index (χ2v) is 6.46. The van der Waals surface area contributed by atoms with Gasteiger partial charge in [0.15, 0.2) is 0 Å². The molecule has 0 spiro atoms. The van der Waals surface area contributed by atoms with Crippen molar-refractivity contribution >= 4 is 17.6 Å². The molecule has 0 amide bonds. The molecule has 0 bridgehead atoms. The van der Waals surface area contributed by atoms with Crippen LogP contribution in [0, 0.1) is 16.0 Å². The van der Waals surface area contributed by atoms with Gasteiger partial charge in [-0.05, 0) is 54.3 Å². The van der Waals surface area contributed by atoms with E-state index in [1.165, 1.54) is 6.21 Å². The fraction of sp³-hybridized carbons (Fsp3) is 0.316. The van der Waals surface area contributed by atoms with Gasteiger partial charge in [0.05, 0.1) is 23.3 Å². The molecule has 2 rings (SSSR count). The van der Waals surface area contributed by atoms with Crippen LogP contribution in [0.15, 0.2) is 47.6 Å². The highest BCUT2D eigenvalue weighted by Crippen LogP contribution is 2.34. The van der Waals surface area contributed by atoms with Crippen LogP contribution in [0.25, 0.3) is 0 Å². The van der Waals surface area contributed by atoms with Gasteiger partial charge in [-0.1, -0.05) is 13.8 Å². The fourth-order valence-corrected chi connectivity index (χ4v) is 2.19. The molecule has 0 aliphatic rings. The Balaban J connectivity index is 2.03. The van der Waals surface area contributed by atoms with Crippen LogP contribution in [-0.2, 0) is 6.18 Å². The van der Waals surface area contributed by atoms with Gasteiger partial charge in [-0.25, -0.2) is 0 Å². The molecule has 0 aromatic heterocycles. The molecule has 0 saturated heterocycles. The number of nitro benzene ring substituents is 1. The summed E-state index contributed by atoms with van der Waals surface area (Å²) in [7, 11) is 0. The molecule has 6 nitrogen and oxygen atoms in total. The minimum atomic E-state index is -4.66. The number of nitro groups is 1. The van der Waals surface area contributed by atoms with Crippen LogP contribution < -0.4 is 10.2 Å². The Labute approximate surface area is 160 Å². The van der Waals surface area contributed by atoms with Crippen molar-refractivity contribution in [2.75, 3.05) is 12.0 Å². The normalized spacial score (nSPS) is 11.8. The smallest absolute Gasteiger partial charge is 0.416 e.